The smallest absolute Gasteiger partial charge is 0.316 e. The Balaban J connectivity index is 1.64. The molecule has 4 rings (SSSR count). The summed E-state index contributed by atoms with van der Waals surface area (Å²) in [4.78, 5) is 71.3. The van der Waals surface area contributed by atoms with Gasteiger partial charge in [0.05, 0.1) is 49.8 Å². The molecule has 18 atom stereocenters. The van der Waals surface area contributed by atoms with Crippen molar-refractivity contribution in [2.45, 2.75) is 232 Å². The third-order valence-electron chi connectivity index (χ3n) is 17.5. The summed E-state index contributed by atoms with van der Waals surface area (Å²) >= 11 is 0. The van der Waals surface area contributed by atoms with E-state index in [1.54, 1.807) is 27.9 Å². The Morgan fingerprint density at radius 1 is 0.753 bits per heavy atom. The molecule has 4 unspecified atom stereocenters. The molecule has 0 aromatic carbocycles. The lowest BCUT2D eigenvalue weighted by atomic mass is 9.78. The summed E-state index contributed by atoms with van der Waals surface area (Å²) in [5.74, 6) is -7.58. The highest BCUT2D eigenvalue weighted by Gasteiger charge is 2.53. The molecule has 17 heteroatoms. The van der Waals surface area contributed by atoms with Crippen molar-refractivity contribution in [1.82, 2.24) is 4.90 Å². The number of hydrogen-bond acceptors (Lipinski definition) is 16. The van der Waals surface area contributed by atoms with Crippen molar-refractivity contribution in [3.63, 3.8) is 0 Å². The quantitative estimate of drug-likeness (QED) is 0.122. The van der Waals surface area contributed by atoms with Gasteiger partial charge in [-0.1, -0.05) is 74.1 Å². The highest BCUT2D eigenvalue weighted by atomic mass is 16.6. The van der Waals surface area contributed by atoms with E-state index in [2.05, 4.69) is 13.8 Å². The number of Topliss-reactive ketones (excluding diaryl/α,β-unsaturated/α-hetero) is 3. The number of rotatable bonds is 10. The average Bonchev–Trinajstić information content (AvgIpc) is 3.37. The molecule has 3 aliphatic heterocycles. The number of ketones is 3. The Morgan fingerprint density at radius 3 is 2.05 bits per heavy atom. The van der Waals surface area contributed by atoms with Gasteiger partial charge in [0.25, 0.3) is 11.7 Å². The first kappa shape index (κ1) is 63.1. The lowest BCUT2D eigenvalue weighted by molar-refractivity contribution is -0.267. The summed E-state index contributed by atoms with van der Waals surface area (Å²) in [7, 11) is 4.61. The van der Waals surface area contributed by atoms with Crippen LogP contribution in [0.15, 0.2) is 0 Å². The predicted octanol–water partition coefficient (Wildman–Crippen LogP) is 6.12. The molecule has 73 heavy (non-hydrogen) atoms. The largest absolute Gasteiger partial charge is 0.459 e. The fraction of sp³-hybridized carbons (Fsp3) is 0.911. The van der Waals surface area contributed by atoms with Crippen molar-refractivity contribution in [2.75, 3.05) is 41.1 Å². The van der Waals surface area contributed by atoms with Crippen LogP contribution in [0.5, 0.6) is 0 Å². The summed E-state index contributed by atoms with van der Waals surface area (Å²) in [5, 5.41) is 55.4. The first-order chi connectivity index (χ1) is 34.5. The molecule has 0 aromatic heterocycles. The first-order valence-corrected chi connectivity index (χ1v) is 27.8. The summed E-state index contributed by atoms with van der Waals surface area (Å²) < 4.78 is 36.0. The number of aliphatic hydroxyl groups excluding tert-OH is 4. The van der Waals surface area contributed by atoms with Crippen LogP contribution in [0.2, 0.25) is 0 Å². The van der Waals surface area contributed by atoms with Crippen LogP contribution >= 0.6 is 0 Å². The second-order valence-corrected chi connectivity index (χ2v) is 23.6. The van der Waals surface area contributed by atoms with Crippen LogP contribution in [0.4, 0.5) is 0 Å². The van der Waals surface area contributed by atoms with E-state index in [0.717, 1.165) is 32.1 Å². The van der Waals surface area contributed by atoms with Crippen molar-refractivity contribution in [3.05, 3.63) is 0 Å². The van der Waals surface area contributed by atoms with Crippen molar-refractivity contribution in [3.8, 4) is 0 Å². The van der Waals surface area contributed by atoms with Crippen LogP contribution < -0.4 is 0 Å². The molecule has 1 saturated carbocycles. The second kappa shape index (κ2) is 29.3. The number of ether oxygens (including phenoxy) is 6. The van der Waals surface area contributed by atoms with E-state index >= 15 is 0 Å². The highest BCUT2D eigenvalue weighted by Crippen LogP contribution is 2.39. The molecule has 1 aliphatic carbocycles. The fourth-order valence-electron chi connectivity index (χ4n) is 12.1. The van der Waals surface area contributed by atoms with Crippen molar-refractivity contribution in [2.24, 2.45) is 52.8 Å². The van der Waals surface area contributed by atoms with E-state index in [0.29, 0.717) is 70.6 Å². The summed E-state index contributed by atoms with van der Waals surface area (Å²) in [6.07, 6.45) is 3.97. The van der Waals surface area contributed by atoms with Gasteiger partial charge in [0.1, 0.15) is 23.4 Å². The van der Waals surface area contributed by atoms with Gasteiger partial charge in [-0.2, -0.15) is 0 Å². The zero-order valence-electron chi connectivity index (χ0n) is 46.3. The molecule has 2 bridgehead atoms. The molecule has 5 N–H and O–H groups in total. The van der Waals surface area contributed by atoms with Gasteiger partial charge in [0.15, 0.2) is 12.1 Å². The lowest BCUT2D eigenvalue weighted by Crippen LogP contribution is -2.61. The number of aliphatic hydroxyl groups is 5. The molecule has 3 heterocycles. The molecule has 4 fully saturated rings. The van der Waals surface area contributed by atoms with E-state index in [9.17, 15) is 49.5 Å². The molecular formula is C56H97NO16. The molecule has 0 radical (unpaired) electrons. The van der Waals surface area contributed by atoms with Crippen molar-refractivity contribution >= 4 is 29.2 Å². The topological polar surface area (TPSA) is 245 Å². The maximum atomic E-state index is 14.4. The lowest BCUT2D eigenvalue weighted by Gasteiger charge is -2.44. The fourth-order valence-corrected chi connectivity index (χ4v) is 12.1. The van der Waals surface area contributed by atoms with E-state index < -0.39 is 109 Å². The van der Waals surface area contributed by atoms with Crippen LogP contribution in [-0.2, 0) is 52.4 Å². The molecule has 422 valence electrons. The SMILES string of the molecule is CO[C@H]1C[C@@H]2CC[C@@H](C)[C@@](O)(O2)C(=O)C(=O)N2CCCC[C@H]2C(O)O[C@H]([C@H](C)C[C@@H]2CC[C@@H](OC(=O)C(C)(CO)CO)[C@H](OC)C2)CC(=O)C(C)CC(C)[C@@H](O)[C@@H](OC)C(=O)[C@H](C)C[C@H](C)CCCCCC1C. The second-order valence-electron chi connectivity index (χ2n) is 23.6. The zero-order chi connectivity index (χ0) is 54.4. The summed E-state index contributed by atoms with van der Waals surface area (Å²) in [6, 6.07) is -0.976. The third-order valence-corrected chi connectivity index (χ3v) is 17.5. The zero-order valence-corrected chi connectivity index (χ0v) is 46.3. The normalized spacial score (nSPS) is 38.9. The Bertz CT molecular complexity index is 1740. The van der Waals surface area contributed by atoms with E-state index in [1.165, 1.54) is 26.0 Å². The number of piperidine rings is 1. The van der Waals surface area contributed by atoms with E-state index in [4.69, 9.17) is 28.4 Å². The molecule has 0 spiro atoms. The summed E-state index contributed by atoms with van der Waals surface area (Å²) in [6.45, 7) is 13.8. The highest BCUT2D eigenvalue weighted by molar-refractivity contribution is 6.38. The van der Waals surface area contributed by atoms with Crippen LogP contribution in [0.1, 0.15) is 171 Å². The van der Waals surface area contributed by atoms with Crippen LogP contribution in [0, 0.1) is 52.8 Å². The Hall–Kier alpha value is -2.45. The van der Waals surface area contributed by atoms with Crippen LogP contribution in [0.25, 0.3) is 0 Å². The van der Waals surface area contributed by atoms with Gasteiger partial charge >= 0.3 is 5.97 Å². The number of esters is 1. The molecule has 0 aromatic rings. The molecule has 1 amide bonds. The number of amides is 1. The maximum Gasteiger partial charge on any atom is 0.316 e. The number of hydrogen-bond donors (Lipinski definition) is 5. The number of fused-ring (bicyclic) bond motifs is 3. The number of methoxy groups -OCH3 is 3. The van der Waals surface area contributed by atoms with Gasteiger partial charge in [-0.15, -0.1) is 0 Å². The van der Waals surface area contributed by atoms with Crippen molar-refractivity contribution < 1.29 is 77.9 Å². The standard InChI is InChI=1S/C56H97NO16/c1-33-17-13-12-14-18-34(2)45(68-9)29-41-22-20-39(7)56(67,73-41)51(63)52(64)57-24-16-15-19-42(57)53(65)71-46(30-43(60)35(3)26-38(6)49(62)50(70-11)48(61)37(5)25-33)36(4)27-40-21-23-44(47(28-40)69-10)72-54(66)55(8,31-58)32-59/h33-42,44-47,49-50,53,58-59,62,65,67H,12-32H2,1-11H3/t33-,34?,35?,36-,37-,38?,39-,40+,41+,42+,44-,45+,46+,47-,49-,50+,53?,56-/m1/s1. The van der Waals surface area contributed by atoms with Gasteiger partial charge in [-0.3, -0.25) is 24.0 Å². The van der Waals surface area contributed by atoms with Crippen molar-refractivity contribution in [1.29, 1.82) is 0 Å². The number of carbonyl (C=O) groups is 5. The van der Waals surface area contributed by atoms with Crippen LogP contribution in [0.3, 0.4) is 0 Å². The van der Waals surface area contributed by atoms with Gasteiger partial charge in [-0.25, -0.2) is 0 Å². The Labute approximate surface area is 436 Å². The van der Waals surface area contributed by atoms with Crippen LogP contribution in [-0.4, -0.2) is 162 Å². The predicted molar refractivity (Wildman–Crippen MR) is 273 cm³/mol. The molecular weight excluding hydrogens is 943 g/mol. The van der Waals surface area contributed by atoms with Gasteiger partial charge in [0.2, 0.25) is 5.79 Å². The minimum absolute atomic E-state index is 0.0129. The molecule has 17 nitrogen and oxygen atoms in total. The number of carbonyl (C=O) groups excluding carboxylic acids is 5. The van der Waals surface area contributed by atoms with E-state index in [1.807, 2.05) is 13.8 Å². The molecule has 4 aliphatic rings. The summed E-state index contributed by atoms with van der Waals surface area (Å²) in [5.41, 5.74) is -1.47. The average molecular weight is 1040 g/mol. The monoisotopic (exact) mass is 1040 g/mol. The Kier molecular flexibility index (Phi) is 25.4. The minimum atomic E-state index is -2.39. The minimum Gasteiger partial charge on any atom is -0.459 e. The third kappa shape index (κ3) is 16.8. The Morgan fingerprint density at radius 2 is 1.41 bits per heavy atom. The number of nitrogens with zero attached hydrogens (tertiary/aromatic N) is 1. The van der Waals surface area contributed by atoms with E-state index in [-0.39, 0.29) is 66.6 Å². The van der Waals surface area contributed by atoms with Gasteiger partial charge in [-0.05, 0) is 114 Å². The first-order valence-electron chi connectivity index (χ1n) is 27.8. The van der Waals surface area contributed by atoms with Gasteiger partial charge < -0.3 is 58.9 Å². The maximum absolute atomic E-state index is 14.4. The molecule has 3 saturated heterocycles. The van der Waals surface area contributed by atoms with Gasteiger partial charge in [0, 0.05) is 58.5 Å².